The van der Waals surface area contributed by atoms with Gasteiger partial charge in [-0.3, -0.25) is 4.79 Å². The first kappa shape index (κ1) is 14.4. The maximum Gasteiger partial charge on any atom is 0.335 e. The van der Waals surface area contributed by atoms with Crippen molar-refractivity contribution in [3.63, 3.8) is 0 Å². The van der Waals surface area contributed by atoms with Crippen LogP contribution in [0.3, 0.4) is 0 Å². The van der Waals surface area contributed by atoms with Crippen molar-refractivity contribution >= 4 is 28.8 Å². The number of nitrogens with one attached hydrogen (secondary N) is 1. The molecular weight excluding hydrogens is 302 g/mol. The van der Waals surface area contributed by atoms with E-state index in [0.717, 1.165) is 0 Å². The zero-order valence-corrected chi connectivity index (χ0v) is 11.7. The molecule has 3 aromatic rings. The van der Waals surface area contributed by atoms with Gasteiger partial charge in [0.15, 0.2) is 5.65 Å². The largest absolute Gasteiger partial charge is 0.480 e. The van der Waals surface area contributed by atoms with Crippen LogP contribution in [0.25, 0.3) is 16.7 Å². The fourth-order valence-electron chi connectivity index (χ4n) is 2.10. The third kappa shape index (κ3) is 2.79. The number of carbonyl (C=O) groups is 2. The van der Waals surface area contributed by atoms with Gasteiger partial charge in [0.2, 0.25) is 0 Å². The Morgan fingerprint density at radius 2 is 2.04 bits per heavy atom. The third-order valence-electron chi connectivity index (χ3n) is 3.11. The van der Waals surface area contributed by atoms with Gasteiger partial charge < -0.3 is 15.5 Å². The van der Waals surface area contributed by atoms with E-state index in [0.29, 0.717) is 22.5 Å². The lowest BCUT2D eigenvalue weighted by atomic mass is 10.2. The van der Waals surface area contributed by atoms with Crippen molar-refractivity contribution in [2.45, 2.75) is 0 Å². The fraction of sp³-hybridized carbons (Fsp3) is 0.0714. The Hall–Kier alpha value is -3.49. The Bertz CT molecular complexity index is 905. The number of carboxylic acid groups (broad SMARTS) is 2. The molecule has 0 aliphatic rings. The number of anilines is 1. The molecule has 3 rings (SSSR count). The summed E-state index contributed by atoms with van der Waals surface area (Å²) < 4.78 is 1.47. The minimum Gasteiger partial charge on any atom is -0.480 e. The molecule has 0 amide bonds. The summed E-state index contributed by atoms with van der Waals surface area (Å²) in [5, 5.41) is 25.2. The van der Waals surface area contributed by atoms with Gasteiger partial charge in [-0.05, 0) is 18.2 Å². The Morgan fingerprint density at radius 3 is 2.78 bits per heavy atom. The lowest BCUT2D eigenvalue weighted by Gasteiger charge is -2.05. The molecule has 2 aromatic heterocycles. The van der Waals surface area contributed by atoms with Gasteiger partial charge in [-0.1, -0.05) is 6.07 Å². The molecule has 116 valence electrons. The van der Waals surface area contributed by atoms with Crippen LogP contribution in [-0.4, -0.2) is 48.4 Å². The number of aromatic carboxylic acids is 1. The molecule has 0 fully saturated rings. The van der Waals surface area contributed by atoms with E-state index in [4.69, 9.17) is 10.2 Å². The van der Waals surface area contributed by atoms with Crippen LogP contribution in [0.4, 0.5) is 5.82 Å². The number of aromatic nitrogens is 4. The SMILES string of the molecule is O=C(O)CNc1ncnc2c1cnn2-c1cccc(C(=O)O)c1. The van der Waals surface area contributed by atoms with Crippen molar-refractivity contribution in [1.82, 2.24) is 19.7 Å². The standard InChI is InChI=1S/C14H11N5O4/c20-11(21)6-15-12-10-5-18-19(13(10)17-7-16-12)9-3-1-2-8(4-9)14(22)23/h1-5,7H,6H2,(H,20,21)(H,22,23)(H,15,16,17). The number of hydrogen-bond donors (Lipinski definition) is 3. The smallest absolute Gasteiger partial charge is 0.335 e. The van der Waals surface area contributed by atoms with Gasteiger partial charge >= 0.3 is 11.9 Å². The van der Waals surface area contributed by atoms with Crippen LogP contribution >= 0.6 is 0 Å². The summed E-state index contributed by atoms with van der Waals surface area (Å²) >= 11 is 0. The zero-order valence-electron chi connectivity index (χ0n) is 11.7. The van der Waals surface area contributed by atoms with E-state index in [1.807, 2.05) is 0 Å². The number of nitrogens with zero attached hydrogens (tertiary/aromatic N) is 4. The molecule has 0 aliphatic heterocycles. The molecule has 0 saturated carbocycles. The van der Waals surface area contributed by atoms with Gasteiger partial charge in [0, 0.05) is 0 Å². The summed E-state index contributed by atoms with van der Waals surface area (Å²) in [6.07, 6.45) is 2.78. The Kier molecular flexibility index (Phi) is 3.59. The highest BCUT2D eigenvalue weighted by molar-refractivity contribution is 5.90. The fourth-order valence-corrected chi connectivity index (χ4v) is 2.10. The Labute approximate surface area is 129 Å². The van der Waals surface area contributed by atoms with Crippen LogP contribution in [0.5, 0.6) is 0 Å². The number of benzene rings is 1. The summed E-state index contributed by atoms with van der Waals surface area (Å²) in [5.41, 5.74) is 1.10. The third-order valence-corrected chi connectivity index (χ3v) is 3.11. The average molecular weight is 313 g/mol. The van der Waals surface area contributed by atoms with Crippen molar-refractivity contribution in [3.05, 3.63) is 42.4 Å². The van der Waals surface area contributed by atoms with E-state index in [1.54, 1.807) is 12.1 Å². The van der Waals surface area contributed by atoms with E-state index >= 15 is 0 Å². The van der Waals surface area contributed by atoms with Gasteiger partial charge in [0.05, 0.1) is 22.8 Å². The molecule has 0 saturated heterocycles. The van der Waals surface area contributed by atoms with Crippen LogP contribution in [-0.2, 0) is 4.79 Å². The summed E-state index contributed by atoms with van der Waals surface area (Å²) in [4.78, 5) is 29.9. The minimum atomic E-state index is -1.04. The van der Waals surface area contributed by atoms with Crippen LogP contribution in [0.15, 0.2) is 36.8 Å². The van der Waals surface area contributed by atoms with Crippen LogP contribution in [0, 0.1) is 0 Å². The quantitative estimate of drug-likeness (QED) is 0.636. The molecule has 0 bridgehead atoms. The van der Waals surface area contributed by atoms with Gasteiger partial charge in [-0.25, -0.2) is 19.4 Å². The molecule has 3 N–H and O–H groups in total. The first-order valence-electron chi connectivity index (χ1n) is 6.54. The summed E-state index contributed by atoms with van der Waals surface area (Å²) in [5.74, 6) is -1.71. The monoisotopic (exact) mass is 313 g/mol. The second-order valence-corrected chi connectivity index (χ2v) is 4.62. The van der Waals surface area contributed by atoms with Crippen LogP contribution in [0.1, 0.15) is 10.4 Å². The van der Waals surface area contributed by atoms with Gasteiger partial charge in [0.1, 0.15) is 18.7 Å². The highest BCUT2D eigenvalue weighted by Crippen LogP contribution is 2.21. The van der Waals surface area contributed by atoms with Crippen molar-refractivity contribution < 1.29 is 19.8 Å². The maximum absolute atomic E-state index is 11.1. The number of carboxylic acids is 2. The van der Waals surface area contributed by atoms with Gasteiger partial charge in [-0.15, -0.1) is 0 Å². The molecule has 9 nitrogen and oxygen atoms in total. The second kappa shape index (κ2) is 5.72. The van der Waals surface area contributed by atoms with Crippen LogP contribution in [0.2, 0.25) is 0 Å². The Balaban J connectivity index is 2.06. The molecular formula is C14H11N5O4. The normalized spacial score (nSPS) is 10.6. The second-order valence-electron chi connectivity index (χ2n) is 4.62. The summed E-state index contributed by atoms with van der Waals surface area (Å²) in [6, 6.07) is 6.26. The first-order chi connectivity index (χ1) is 11.1. The predicted molar refractivity (Wildman–Crippen MR) is 79.7 cm³/mol. The molecule has 0 unspecified atom stereocenters. The van der Waals surface area contributed by atoms with Crippen molar-refractivity contribution in [3.8, 4) is 5.69 Å². The number of rotatable bonds is 5. The minimum absolute atomic E-state index is 0.129. The predicted octanol–water partition coefficient (Wildman–Crippen LogP) is 1.01. The summed E-state index contributed by atoms with van der Waals surface area (Å²) in [7, 11) is 0. The first-order valence-corrected chi connectivity index (χ1v) is 6.54. The summed E-state index contributed by atoms with van der Waals surface area (Å²) in [6.45, 7) is -0.286. The molecule has 2 heterocycles. The van der Waals surface area contributed by atoms with E-state index in [9.17, 15) is 9.59 Å². The zero-order chi connectivity index (χ0) is 16.4. The molecule has 1 aromatic carbocycles. The highest BCUT2D eigenvalue weighted by atomic mass is 16.4. The molecule has 0 atom stereocenters. The highest BCUT2D eigenvalue weighted by Gasteiger charge is 2.13. The maximum atomic E-state index is 11.1. The van der Waals surface area contributed by atoms with Gasteiger partial charge in [-0.2, -0.15) is 5.10 Å². The van der Waals surface area contributed by atoms with Crippen molar-refractivity contribution in [1.29, 1.82) is 0 Å². The topological polar surface area (TPSA) is 130 Å². The van der Waals surface area contributed by atoms with Crippen LogP contribution < -0.4 is 5.32 Å². The lowest BCUT2D eigenvalue weighted by Crippen LogP contribution is -2.13. The molecule has 0 spiro atoms. The molecule has 9 heteroatoms. The van der Waals surface area contributed by atoms with Crippen molar-refractivity contribution in [2.75, 3.05) is 11.9 Å². The molecule has 0 aliphatic carbocycles. The lowest BCUT2D eigenvalue weighted by molar-refractivity contribution is -0.134. The molecule has 0 radical (unpaired) electrons. The van der Waals surface area contributed by atoms with Crippen molar-refractivity contribution in [2.24, 2.45) is 0 Å². The average Bonchev–Trinajstić information content (AvgIpc) is 2.97. The Morgan fingerprint density at radius 1 is 1.22 bits per heavy atom. The number of aliphatic carboxylic acids is 1. The van der Waals surface area contributed by atoms with E-state index in [-0.39, 0.29) is 12.1 Å². The van der Waals surface area contributed by atoms with E-state index < -0.39 is 11.9 Å². The van der Waals surface area contributed by atoms with Gasteiger partial charge in [0.25, 0.3) is 0 Å². The molecule has 23 heavy (non-hydrogen) atoms. The number of hydrogen-bond acceptors (Lipinski definition) is 6. The van der Waals surface area contributed by atoms with E-state index in [1.165, 1.54) is 29.3 Å². The number of fused-ring (bicyclic) bond motifs is 1. The van der Waals surface area contributed by atoms with E-state index in [2.05, 4.69) is 20.4 Å².